The average Bonchev–Trinajstić information content (AvgIpc) is 3.14. The Hall–Kier alpha value is -3.81. The van der Waals surface area contributed by atoms with Crippen molar-refractivity contribution >= 4 is 11.9 Å². The first kappa shape index (κ1) is 23.8. The molecule has 2 aromatic carbocycles. The summed E-state index contributed by atoms with van der Waals surface area (Å²) in [5.74, 6) is 0.595. The number of aromatic nitrogens is 1. The second kappa shape index (κ2) is 10.7. The van der Waals surface area contributed by atoms with Gasteiger partial charge in [-0.05, 0) is 44.5 Å². The molecule has 0 radical (unpaired) electrons. The molecule has 3 aromatic rings. The minimum atomic E-state index is -0.937. The number of carbonyl (C=O) groups excluding carboxylic acids is 2. The molecule has 1 aromatic heterocycles. The summed E-state index contributed by atoms with van der Waals surface area (Å²) in [6.45, 7) is 5.88. The number of nitrogens with zero attached hydrogens (tertiary/aromatic N) is 2. The van der Waals surface area contributed by atoms with Gasteiger partial charge in [-0.3, -0.25) is 4.79 Å². The van der Waals surface area contributed by atoms with Gasteiger partial charge in [-0.1, -0.05) is 35.5 Å². The number of amides is 1. The van der Waals surface area contributed by atoms with Crippen LogP contribution in [0, 0.1) is 13.8 Å². The fourth-order valence-corrected chi connectivity index (χ4v) is 3.30. The molecule has 0 N–H and O–H groups in total. The van der Waals surface area contributed by atoms with Gasteiger partial charge in [0.15, 0.2) is 17.6 Å². The lowest BCUT2D eigenvalue weighted by molar-refractivity contribution is -0.139. The van der Waals surface area contributed by atoms with Crippen LogP contribution in [0.25, 0.3) is 0 Å². The summed E-state index contributed by atoms with van der Waals surface area (Å²) in [5.41, 5.74) is 2.85. The largest absolute Gasteiger partial charge is 0.493 e. The Morgan fingerprint density at radius 1 is 1.09 bits per heavy atom. The standard InChI is InChI=1S/C25H28N2O6/c1-16-21(17(2)33-26-16)15-31-22-12-11-20(13-23(22)30-5)25(29)32-18(3)24(28)27(4)14-19-9-7-6-8-10-19/h6-13,18H,14-15H2,1-5H3. The maximum Gasteiger partial charge on any atom is 0.339 e. The van der Waals surface area contributed by atoms with Crippen molar-refractivity contribution in [1.82, 2.24) is 10.1 Å². The highest BCUT2D eigenvalue weighted by Crippen LogP contribution is 2.30. The second-order valence-corrected chi connectivity index (χ2v) is 7.68. The van der Waals surface area contributed by atoms with Gasteiger partial charge in [-0.25, -0.2) is 4.79 Å². The van der Waals surface area contributed by atoms with Crippen LogP contribution in [0.5, 0.6) is 11.5 Å². The van der Waals surface area contributed by atoms with Crippen LogP contribution in [0.1, 0.15) is 39.9 Å². The maximum atomic E-state index is 12.6. The monoisotopic (exact) mass is 452 g/mol. The number of hydrogen-bond acceptors (Lipinski definition) is 7. The van der Waals surface area contributed by atoms with E-state index >= 15 is 0 Å². The number of ether oxygens (including phenoxy) is 3. The van der Waals surface area contributed by atoms with E-state index in [1.807, 2.05) is 44.2 Å². The fraction of sp³-hybridized carbons (Fsp3) is 0.320. The number of aryl methyl sites for hydroxylation is 2. The highest BCUT2D eigenvalue weighted by atomic mass is 16.5. The van der Waals surface area contributed by atoms with Gasteiger partial charge in [0.05, 0.1) is 23.9 Å². The van der Waals surface area contributed by atoms with Crippen LogP contribution >= 0.6 is 0 Å². The van der Waals surface area contributed by atoms with Crippen molar-refractivity contribution in [2.24, 2.45) is 0 Å². The van der Waals surface area contributed by atoms with Crippen LogP contribution in [0.3, 0.4) is 0 Å². The van der Waals surface area contributed by atoms with Gasteiger partial charge in [0.25, 0.3) is 5.91 Å². The molecule has 3 rings (SSSR count). The van der Waals surface area contributed by atoms with Gasteiger partial charge in [-0.15, -0.1) is 0 Å². The summed E-state index contributed by atoms with van der Waals surface area (Å²) in [7, 11) is 3.16. The molecule has 8 nitrogen and oxygen atoms in total. The molecule has 1 atom stereocenters. The minimum absolute atomic E-state index is 0.251. The lowest BCUT2D eigenvalue weighted by Crippen LogP contribution is -2.37. The molecular formula is C25H28N2O6. The molecule has 0 saturated carbocycles. The van der Waals surface area contributed by atoms with E-state index in [0.717, 1.165) is 16.8 Å². The van der Waals surface area contributed by atoms with Crippen LogP contribution in [0.15, 0.2) is 53.1 Å². The Balaban J connectivity index is 1.62. The lowest BCUT2D eigenvalue weighted by Gasteiger charge is -2.21. The Labute approximate surface area is 193 Å². The number of esters is 1. The van der Waals surface area contributed by atoms with Crippen molar-refractivity contribution in [2.75, 3.05) is 14.2 Å². The molecule has 0 aliphatic carbocycles. The molecule has 0 bridgehead atoms. The van der Waals surface area contributed by atoms with Crippen molar-refractivity contribution in [3.8, 4) is 11.5 Å². The Kier molecular flexibility index (Phi) is 7.71. The van der Waals surface area contributed by atoms with Gasteiger partial charge in [0, 0.05) is 13.6 Å². The first-order valence-electron chi connectivity index (χ1n) is 10.5. The van der Waals surface area contributed by atoms with E-state index in [0.29, 0.717) is 23.8 Å². The van der Waals surface area contributed by atoms with Crippen LogP contribution < -0.4 is 9.47 Å². The Morgan fingerprint density at radius 3 is 2.45 bits per heavy atom. The molecule has 0 spiro atoms. The molecule has 0 fully saturated rings. The average molecular weight is 453 g/mol. The van der Waals surface area contributed by atoms with Gasteiger partial charge in [0.2, 0.25) is 0 Å². The smallest absolute Gasteiger partial charge is 0.339 e. The Bertz CT molecular complexity index is 1090. The van der Waals surface area contributed by atoms with E-state index in [9.17, 15) is 9.59 Å². The molecular weight excluding hydrogens is 424 g/mol. The molecule has 33 heavy (non-hydrogen) atoms. The molecule has 8 heteroatoms. The fourth-order valence-electron chi connectivity index (χ4n) is 3.30. The summed E-state index contributed by atoms with van der Waals surface area (Å²) in [4.78, 5) is 26.8. The quantitative estimate of drug-likeness (QED) is 0.452. The zero-order valence-corrected chi connectivity index (χ0v) is 19.5. The summed E-state index contributed by atoms with van der Waals surface area (Å²) >= 11 is 0. The van der Waals surface area contributed by atoms with Crippen LogP contribution in [0.4, 0.5) is 0 Å². The van der Waals surface area contributed by atoms with E-state index in [4.69, 9.17) is 18.7 Å². The van der Waals surface area contributed by atoms with Crippen LogP contribution in [-0.4, -0.2) is 42.2 Å². The summed E-state index contributed by atoms with van der Waals surface area (Å²) in [5, 5.41) is 3.91. The lowest BCUT2D eigenvalue weighted by atomic mass is 10.2. The van der Waals surface area contributed by atoms with E-state index in [1.165, 1.54) is 18.1 Å². The molecule has 1 amide bonds. The summed E-state index contributed by atoms with van der Waals surface area (Å²) in [6, 6.07) is 14.3. The first-order chi connectivity index (χ1) is 15.8. The molecule has 1 unspecified atom stereocenters. The van der Waals surface area contributed by atoms with E-state index in [1.54, 1.807) is 26.1 Å². The SMILES string of the molecule is COc1cc(C(=O)OC(C)C(=O)N(C)Cc2ccccc2)ccc1OCc1c(C)noc1C. The van der Waals surface area contributed by atoms with Crippen LogP contribution in [0.2, 0.25) is 0 Å². The van der Waals surface area contributed by atoms with Crippen molar-refractivity contribution in [2.45, 2.75) is 40.0 Å². The predicted molar refractivity (Wildman–Crippen MR) is 121 cm³/mol. The second-order valence-electron chi connectivity index (χ2n) is 7.68. The normalized spacial score (nSPS) is 11.5. The number of likely N-dealkylation sites (N-methyl/N-ethyl adjacent to an activating group) is 1. The van der Waals surface area contributed by atoms with Gasteiger partial charge in [0.1, 0.15) is 12.4 Å². The first-order valence-corrected chi connectivity index (χ1v) is 10.5. The number of methoxy groups -OCH3 is 1. The molecule has 0 aliphatic heterocycles. The third-order valence-electron chi connectivity index (χ3n) is 5.22. The van der Waals surface area contributed by atoms with Crippen LogP contribution in [-0.2, 0) is 22.7 Å². The van der Waals surface area contributed by atoms with Gasteiger partial charge in [-0.2, -0.15) is 0 Å². The van der Waals surface area contributed by atoms with Gasteiger partial charge >= 0.3 is 5.97 Å². The summed E-state index contributed by atoms with van der Waals surface area (Å²) in [6.07, 6.45) is -0.937. The zero-order chi connectivity index (χ0) is 24.0. The summed E-state index contributed by atoms with van der Waals surface area (Å²) < 4.78 is 21.8. The van der Waals surface area contributed by atoms with E-state index in [-0.39, 0.29) is 18.1 Å². The topological polar surface area (TPSA) is 91.1 Å². The van der Waals surface area contributed by atoms with Crippen molar-refractivity contribution < 1.29 is 28.3 Å². The molecule has 174 valence electrons. The molecule has 1 heterocycles. The molecule has 0 aliphatic rings. The van der Waals surface area contributed by atoms with E-state index in [2.05, 4.69) is 5.16 Å². The van der Waals surface area contributed by atoms with Gasteiger partial charge < -0.3 is 23.6 Å². The highest BCUT2D eigenvalue weighted by molar-refractivity contribution is 5.92. The van der Waals surface area contributed by atoms with E-state index < -0.39 is 12.1 Å². The Morgan fingerprint density at radius 2 is 1.82 bits per heavy atom. The molecule has 0 saturated heterocycles. The van der Waals surface area contributed by atoms with Crippen molar-refractivity contribution in [3.05, 3.63) is 76.7 Å². The van der Waals surface area contributed by atoms with Crippen molar-refractivity contribution in [3.63, 3.8) is 0 Å². The minimum Gasteiger partial charge on any atom is -0.493 e. The number of benzene rings is 2. The maximum absolute atomic E-state index is 12.6. The third kappa shape index (κ3) is 5.91. The number of rotatable bonds is 9. The number of carbonyl (C=O) groups is 2. The highest BCUT2D eigenvalue weighted by Gasteiger charge is 2.23. The predicted octanol–water partition coefficient (Wildman–Crippen LogP) is 4.08. The number of hydrogen-bond donors (Lipinski definition) is 0. The zero-order valence-electron chi connectivity index (χ0n) is 19.5. The third-order valence-corrected chi connectivity index (χ3v) is 5.22. The van der Waals surface area contributed by atoms with Crippen molar-refractivity contribution in [1.29, 1.82) is 0 Å².